The second-order valence-electron chi connectivity index (χ2n) is 4.33. The van der Waals surface area contributed by atoms with Crippen molar-refractivity contribution in [2.24, 2.45) is 0 Å². The summed E-state index contributed by atoms with van der Waals surface area (Å²) in [5, 5.41) is 9.67. The minimum absolute atomic E-state index is 0.403. The van der Waals surface area contributed by atoms with Gasteiger partial charge in [0.1, 0.15) is 17.6 Å². The molecule has 2 aromatic rings. The van der Waals surface area contributed by atoms with Gasteiger partial charge < -0.3 is 10.5 Å². The van der Waals surface area contributed by atoms with E-state index in [1.54, 1.807) is 18.2 Å². The molecule has 0 saturated heterocycles. The first-order valence-electron chi connectivity index (χ1n) is 5.75. The molecule has 2 rings (SSSR count). The van der Waals surface area contributed by atoms with Crippen molar-refractivity contribution < 1.29 is 4.74 Å². The van der Waals surface area contributed by atoms with Crippen molar-refractivity contribution >= 4 is 17.3 Å². The molecule has 0 aliphatic rings. The fourth-order valence-electron chi connectivity index (χ4n) is 1.80. The number of nitriles is 1. The van der Waals surface area contributed by atoms with E-state index in [-0.39, 0.29) is 0 Å². The van der Waals surface area contributed by atoms with E-state index in [0.717, 1.165) is 16.1 Å². The Morgan fingerprint density at radius 1 is 1.11 bits per heavy atom. The zero-order chi connectivity index (χ0) is 14.0. The molecule has 0 amide bonds. The van der Waals surface area contributed by atoms with Gasteiger partial charge in [-0.1, -0.05) is 11.6 Å². The highest BCUT2D eigenvalue weighted by atomic mass is 35.5. The molecule has 0 aliphatic carbocycles. The molecule has 0 unspecified atom stereocenters. The van der Waals surface area contributed by atoms with Crippen molar-refractivity contribution in [3.05, 3.63) is 52.0 Å². The number of hydrogen-bond donors (Lipinski definition) is 1. The highest BCUT2D eigenvalue weighted by molar-refractivity contribution is 6.32. The maximum absolute atomic E-state index is 8.93. The van der Waals surface area contributed by atoms with Crippen LogP contribution in [0.25, 0.3) is 0 Å². The first-order valence-corrected chi connectivity index (χ1v) is 6.13. The number of nitrogens with two attached hydrogens (primary N) is 1. The molecule has 0 bridgehead atoms. The standard InChI is InChI=1S/C15H13ClN2O/c1-9-5-13(6-10(2)15(9)16)19-12-3-4-14(18)11(7-12)8-17/h3-7H,18H2,1-2H3. The summed E-state index contributed by atoms with van der Waals surface area (Å²) in [7, 11) is 0. The van der Waals surface area contributed by atoms with Crippen LogP contribution in [0.5, 0.6) is 11.5 Å². The average Bonchev–Trinajstić information content (AvgIpc) is 2.38. The van der Waals surface area contributed by atoms with Gasteiger partial charge in [0.25, 0.3) is 0 Å². The minimum atomic E-state index is 0.403. The highest BCUT2D eigenvalue weighted by Gasteiger charge is 2.06. The number of hydrogen-bond acceptors (Lipinski definition) is 3. The van der Waals surface area contributed by atoms with E-state index in [1.165, 1.54) is 0 Å². The SMILES string of the molecule is Cc1cc(Oc2ccc(N)c(C#N)c2)cc(C)c1Cl. The molecule has 0 fully saturated rings. The van der Waals surface area contributed by atoms with E-state index in [1.807, 2.05) is 32.0 Å². The Morgan fingerprint density at radius 2 is 1.74 bits per heavy atom. The van der Waals surface area contributed by atoms with E-state index in [4.69, 9.17) is 27.3 Å². The van der Waals surface area contributed by atoms with Crippen LogP contribution in [-0.2, 0) is 0 Å². The highest BCUT2D eigenvalue weighted by Crippen LogP contribution is 2.30. The molecule has 0 aromatic heterocycles. The molecule has 4 heteroatoms. The number of nitrogen functional groups attached to an aromatic ring is 1. The van der Waals surface area contributed by atoms with Gasteiger partial charge in [-0.25, -0.2) is 0 Å². The fraction of sp³-hybridized carbons (Fsp3) is 0.133. The molecule has 3 nitrogen and oxygen atoms in total. The van der Waals surface area contributed by atoms with Gasteiger partial charge in [-0.05, 0) is 49.2 Å². The summed E-state index contributed by atoms with van der Waals surface area (Å²) in [6.07, 6.45) is 0. The molecule has 2 aromatic carbocycles. The van der Waals surface area contributed by atoms with Crippen molar-refractivity contribution in [3.8, 4) is 17.6 Å². The van der Waals surface area contributed by atoms with Crippen LogP contribution < -0.4 is 10.5 Å². The summed E-state index contributed by atoms with van der Waals surface area (Å²) in [5.41, 5.74) is 8.41. The summed E-state index contributed by atoms with van der Waals surface area (Å²) in [6, 6.07) is 10.8. The summed E-state index contributed by atoms with van der Waals surface area (Å²) < 4.78 is 5.73. The Kier molecular flexibility index (Phi) is 3.64. The van der Waals surface area contributed by atoms with Crippen LogP contribution in [0.1, 0.15) is 16.7 Å². The molecule has 2 N–H and O–H groups in total. The Morgan fingerprint density at radius 3 is 2.32 bits per heavy atom. The molecule has 0 spiro atoms. The van der Waals surface area contributed by atoms with E-state index in [9.17, 15) is 0 Å². The Labute approximate surface area is 117 Å². The summed E-state index contributed by atoms with van der Waals surface area (Å²) in [5.74, 6) is 1.26. The number of anilines is 1. The zero-order valence-corrected chi connectivity index (χ0v) is 11.5. The summed E-state index contributed by atoms with van der Waals surface area (Å²) >= 11 is 6.11. The number of benzene rings is 2. The van der Waals surface area contributed by atoms with Gasteiger partial charge in [0.2, 0.25) is 0 Å². The molecule has 0 radical (unpaired) electrons. The van der Waals surface area contributed by atoms with Crippen LogP contribution in [-0.4, -0.2) is 0 Å². The van der Waals surface area contributed by atoms with Crippen LogP contribution in [0.15, 0.2) is 30.3 Å². The Hall–Kier alpha value is -2.18. The van der Waals surface area contributed by atoms with Crippen LogP contribution >= 0.6 is 11.6 Å². The lowest BCUT2D eigenvalue weighted by molar-refractivity contribution is 0.482. The van der Waals surface area contributed by atoms with Crippen LogP contribution in [0.2, 0.25) is 5.02 Å². The first kappa shape index (κ1) is 13.3. The van der Waals surface area contributed by atoms with E-state index >= 15 is 0 Å². The predicted molar refractivity (Wildman–Crippen MR) is 76.6 cm³/mol. The summed E-state index contributed by atoms with van der Waals surface area (Å²) in [4.78, 5) is 0. The average molecular weight is 273 g/mol. The lowest BCUT2D eigenvalue weighted by Crippen LogP contribution is -1.92. The minimum Gasteiger partial charge on any atom is -0.457 e. The first-order chi connectivity index (χ1) is 9.01. The van der Waals surface area contributed by atoms with E-state index < -0.39 is 0 Å². The number of aryl methyl sites for hydroxylation is 2. The van der Waals surface area contributed by atoms with Crippen molar-refractivity contribution in [2.75, 3.05) is 5.73 Å². The third kappa shape index (κ3) is 2.81. The van der Waals surface area contributed by atoms with Crippen LogP contribution in [0.3, 0.4) is 0 Å². The molecule has 0 heterocycles. The molecule has 0 aliphatic heterocycles. The monoisotopic (exact) mass is 272 g/mol. The molecular formula is C15H13ClN2O. The van der Waals surface area contributed by atoms with Crippen LogP contribution in [0.4, 0.5) is 5.69 Å². The second-order valence-corrected chi connectivity index (χ2v) is 4.71. The Balaban J connectivity index is 2.34. The Bertz CT molecular complexity index is 651. The van der Waals surface area contributed by atoms with E-state index in [0.29, 0.717) is 22.7 Å². The number of nitrogens with zero attached hydrogens (tertiary/aromatic N) is 1. The van der Waals surface area contributed by atoms with Gasteiger partial charge in [-0.15, -0.1) is 0 Å². The van der Waals surface area contributed by atoms with Gasteiger partial charge in [0.05, 0.1) is 5.56 Å². The third-order valence-corrected chi connectivity index (χ3v) is 3.39. The van der Waals surface area contributed by atoms with Crippen molar-refractivity contribution in [1.82, 2.24) is 0 Å². The zero-order valence-electron chi connectivity index (χ0n) is 10.7. The fourth-order valence-corrected chi connectivity index (χ4v) is 1.91. The maximum atomic E-state index is 8.93. The second kappa shape index (κ2) is 5.21. The molecule has 0 atom stereocenters. The number of ether oxygens (including phenoxy) is 1. The van der Waals surface area contributed by atoms with Crippen LogP contribution in [0, 0.1) is 25.2 Å². The molecule has 19 heavy (non-hydrogen) atoms. The maximum Gasteiger partial charge on any atom is 0.128 e. The lowest BCUT2D eigenvalue weighted by Gasteiger charge is -2.10. The quantitative estimate of drug-likeness (QED) is 0.834. The molecule has 0 saturated carbocycles. The normalized spacial score (nSPS) is 10.0. The van der Waals surface area contributed by atoms with Crippen molar-refractivity contribution in [2.45, 2.75) is 13.8 Å². The van der Waals surface area contributed by atoms with E-state index in [2.05, 4.69) is 0 Å². The molecular weight excluding hydrogens is 260 g/mol. The topological polar surface area (TPSA) is 59.0 Å². The number of rotatable bonds is 2. The third-order valence-electron chi connectivity index (χ3n) is 2.79. The molecule has 96 valence electrons. The van der Waals surface area contributed by atoms with Gasteiger partial charge in [0, 0.05) is 16.8 Å². The largest absolute Gasteiger partial charge is 0.457 e. The number of halogens is 1. The van der Waals surface area contributed by atoms with Gasteiger partial charge >= 0.3 is 0 Å². The lowest BCUT2D eigenvalue weighted by atomic mass is 10.1. The smallest absolute Gasteiger partial charge is 0.128 e. The van der Waals surface area contributed by atoms with Gasteiger partial charge in [0.15, 0.2) is 0 Å². The van der Waals surface area contributed by atoms with Crippen molar-refractivity contribution in [1.29, 1.82) is 5.26 Å². The van der Waals surface area contributed by atoms with Gasteiger partial charge in [-0.2, -0.15) is 5.26 Å². The predicted octanol–water partition coefficient (Wildman–Crippen LogP) is 4.20. The van der Waals surface area contributed by atoms with Crippen molar-refractivity contribution in [3.63, 3.8) is 0 Å². The van der Waals surface area contributed by atoms with Gasteiger partial charge in [-0.3, -0.25) is 0 Å². The summed E-state index contributed by atoms with van der Waals surface area (Å²) in [6.45, 7) is 3.85.